The highest BCUT2D eigenvalue weighted by Crippen LogP contribution is 2.22. The monoisotopic (exact) mass is 440 g/mol. The maximum absolute atomic E-state index is 12.6. The van der Waals surface area contributed by atoms with Gasteiger partial charge in [-0.2, -0.15) is 0 Å². The van der Waals surface area contributed by atoms with Gasteiger partial charge in [-0.25, -0.2) is 23.1 Å². The normalized spacial score (nSPS) is 11.2. The van der Waals surface area contributed by atoms with E-state index >= 15 is 0 Å². The Morgan fingerprint density at radius 1 is 1.00 bits per heavy atom. The van der Waals surface area contributed by atoms with E-state index in [9.17, 15) is 13.2 Å². The molecule has 9 heteroatoms. The number of hydrogen-bond donors (Lipinski definition) is 2. The lowest BCUT2D eigenvalue weighted by Gasteiger charge is -2.13. The molecule has 3 rings (SSSR count). The average Bonchev–Trinajstić information content (AvgIpc) is 2.69. The van der Waals surface area contributed by atoms with Crippen LogP contribution in [0.25, 0.3) is 0 Å². The zero-order chi connectivity index (χ0) is 22.4. The van der Waals surface area contributed by atoms with E-state index in [-0.39, 0.29) is 29.8 Å². The summed E-state index contributed by atoms with van der Waals surface area (Å²) in [5, 5.41) is 2.73. The van der Waals surface area contributed by atoms with Crippen molar-refractivity contribution in [2.75, 3.05) is 11.9 Å². The van der Waals surface area contributed by atoms with E-state index in [1.165, 1.54) is 0 Å². The van der Waals surface area contributed by atoms with E-state index in [2.05, 4.69) is 20.0 Å². The van der Waals surface area contributed by atoms with Gasteiger partial charge >= 0.3 is 6.01 Å². The molecule has 0 fully saturated rings. The van der Waals surface area contributed by atoms with Gasteiger partial charge in [0.2, 0.25) is 15.9 Å². The molecule has 3 aromatic rings. The minimum Gasteiger partial charge on any atom is -0.424 e. The second-order valence-corrected chi connectivity index (χ2v) is 8.79. The van der Waals surface area contributed by atoms with Crippen molar-refractivity contribution in [3.05, 3.63) is 71.5 Å². The third-order valence-corrected chi connectivity index (χ3v) is 6.17. The summed E-state index contributed by atoms with van der Waals surface area (Å²) >= 11 is 0. The molecule has 31 heavy (non-hydrogen) atoms. The summed E-state index contributed by atoms with van der Waals surface area (Å²) in [4.78, 5) is 20.4. The molecule has 1 amide bonds. The average molecular weight is 441 g/mol. The first-order chi connectivity index (χ1) is 14.7. The first kappa shape index (κ1) is 22.4. The molecule has 0 atom stereocenters. The van der Waals surface area contributed by atoms with Gasteiger partial charge < -0.3 is 10.1 Å². The van der Waals surface area contributed by atoms with Crippen LogP contribution in [-0.4, -0.2) is 30.8 Å². The fraction of sp³-hybridized carbons (Fsp3) is 0.227. The molecule has 8 nitrogen and oxygen atoms in total. The smallest absolute Gasteiger partial charge is 0.321 e. The van der Waals surface area contributed by atoms with Crippen LogP contribution in [0.5, 0.6) is 11.8 Å². The van der Waals surface area contributed by atoms with Gasteiger partial charge in [-0.05, 0) is 62.2 Å². The number of ether oxygens (including phenoxy) is 1. The van der Waals surface area contributed by atoms with Gasteiger partial charge in [0.1, 0.15) is 5.75 Å². The Hall–Kier alpha value is -3.30. The van der Waals surface area contributed by atoms with Crippen LogP contribution in [-0.2, 0) is 14.8 Å². The molecule has 0 aliphatic heterocycles. The lowest BCUT2D eigenvalue weighted by Crippen LogP contribution is -2.29. The van der Waals surface area contributed by atoms with Crippen LogP contribution in [0.4, 0.5) is 5.69 Å². The molecule has 0 unspecified atom stereocenters. The molecule has 2 N–H and O–H groups in total. The number of carbonyl (C=O) groups is 1. The Kier molecular flexibility index (Phi) is 6.98. The van der Waals surface area contributed by atoms with Gasteiger partial charge in [-0.1, -0.05) is 17.7 Å². The molecule has 0 spiro atoms. The second-order valence-electron chi connectivity index (χ2n) is 7.08. The molecule has 0 aliphatic rings. The zero-order valence-electron chi connectivity index (χ0n) is 17.5. The Morgan fingerprint density at radius 2 is 1.61 bits per heavy atom. The number of nitrogens with one attached hydrogen (secondary N) is 2. The fourth-order valence-electron chi connectivity index (χ4n) is 3.24. The van der Waals surface area contributed by atoms with Crippen molar-refractivity contribution in [2.45, 2.75) is 32.1 Å². The topological polar surface area (TPSA) is 110 Å². The lowest BCUT2D eigenvalue weighted by atomic mass is 10.1. The number of carbonyl (C=O) groups excluding carboxylic acids is 1. The van der Waals surface area contributed by atoms with E-state index in [1.54, 1.807) is 56.6 Å². The Balaban J connectivity index is 1.52. The zero-order valence-corrected chi connectivity index (χ0v) is 18.4. The fourth-order valence-corrected chi connectivity index (χ4v) is 4.72. The van der Waals surface area contributed by atoms with Crippen LogP contribution in [0.3, 0.4) is 0 Å². The van der Waals surface area contributed by atoms with Crippen molar-refractivity contribution < 1.29 is 17.9 Å². The molecule has 0 saturated carbocycles. The van der Waals surface area contributed by atoms with Crippen LogP contribution in [0.1, 0.15) is 23.1 Å². The molecular weight excluding hydrogens is 416 g/mol. The summed E-state index contributed by atoms with van der Waals surface area (Å²) in [5.74, 6) is 0.223. The highest BCUT2D eigenvalue weighted by Gasteiger charge is 2.19. The SMILES string of the molecule is Cc1cc(C)c(S(=O)(=O)NCCC(=O)Nc2ccc(Oc3ncccn3)cc2)c(C)c1. The van der Waals surface area contributed by atoms with Crippen molar-refractivity contribution in [1.29, 1.82) is 0 Å². The minimum atomic E-state index is -3.70. The van der Waals surface area contributed by atoms with Gasteiger partial charge in [0.15, 0.2) is 0 Å². The summed E-state index contributed by atoms with van der Waals surface area (Å²) in [6, 6.07) is 12.3. The molecule has 0 radical (unpaired) electrons. The van der Waals surface area contributed by atoms with Crippen molar-refractivity contribution in [3.63, 3.8) is 0 Å². The number of rotatable bonds is 8. The van der Waals surface area contributed by atoms with Crippen LogP contribution in [0.15, 0.2) is 59.8 Å². The third-order valence-electron chi connectivity index (χ3n) is 4.41. The second kappa shape index (κ2) is 9.67. The lowest BCUT2D eigenvalue weighted by molar-refractivity contribution is -0.116. The number of hydrogen-bond acceptors (Lipinski definition) is 6. The maximum atomic E-state index is 12.6. The number of aryl methyl sites for hydroxylation is 3. The van der Waals surface area contributed by atoms with Crippen molar-refractivity contribution >= 4 is 21.6 Å². The first-order valence-electron chi connectivity index (χ1n) is 9.67. The van der Waals surface area contributed by atoms with E-state index in [1.807, 2.05) is 19.1 Å². The molecule has 1 heterocycles. The quantitative estimate of drug-likeness (QED) is 0.555. The third kappa shape index (κ3) is 6.09. The Bertz CT molecular complexity index is 1140. The predicted molar refractivity (Wildman–Crippen MR) is 118 cm³/mol. The number of anilines is 1. The number of nitrogens with zero attached hydrogens (tertiary/aromatic N) is 2. The maximum Gasteiger partial charge on any atom is 0.321 e. The van der Waals surface area contributed by atoms with E-state index in [0.717, 1.165) is 5.56 Å². The van der Waals surface area contributed by atoms with Gasteiger partial charge in [-0.15, -0.1) is 0 Å². The number of amides is 1. The summed E-state index contributed by atoms with van der Waals surface area (Å²) in [6.07, 6.45) is 3.15. The largest absolute Gasteiger partial charge is 0.424 e. The van der Waals surface area contributed by atoms with Gasteiger partial charge in [-0.3, -0.25) is 4.79 Å². The number of sulfonamides is 1. The molecule has 0 bridgehead atoms. The minimum absolute atomic E-state index is 0.000701. The summed E-state index contributed by atoms with van der Waals surface area (Å²) < 4.78 is 33.3. The molecule has 2 aromatic carbocycles. The molecular formula is C22H24N4O4S. The van der Waals surface area contributed by atoms with Crippen molar-refractivity contribution in [3.8, 4) is 11.8 Å². The molecule has 1 aromatic heterocycles. The Morgan fingerprint density at radius 3 is 2.23 bits per heavy atom. The predicted octanol–water partition coefficient (Wildman–Crippen LogP) is 3.50. The van der Waals surface area contributed by atoms with Gasteiger partial charge in [0.25, 0.3) is 0 Å². The van der Waals surface area contributed by atoms with E-state index in [4.69, 9.17) is 4.74 Å². The van der Waals surface area contributed by atoms with E-state index < -0.39 is 10.0 Å². The van der Waals surface area contributed by atoms with Gasteiger partial charge in [0, 0.05) is 31.0 Å². The van der Waals surface area contributed by atoms with Crippen LogP contribution >= 0.6 is 0 Å². The molecule has 0 saturated heterocycles. The molecule has 0 aliphatic carbocycles. The summed E-state index contributed by atoms with van der Waals surface area (Å²) in [7, 11) is -3.70. The van der Waals surface area contributed by atoms with Crippen LogP contribution < -0.4 is 14.8 Å². The standard InChI is InChI=1S/C22H24N4O4S/c1-15-13-16(2)21(17(3)14-15)31(28,29)25-12-9-20(27)26-18-5-7-19(8-6-18)30-22-23-10-4-11-24-22/h4-8,10-11,13-14,25H,9,12H2,1-3H3,(H,26,27). The van der Waals surface area contributed by atoms with E-state index in [0.29, 0.717) is 22.6 Å². The van der Waals surface area contributed by atoms with Crippen molar-refractivity contribution in [1.82, 2.24) is 14.7 Å². The number of benzene rings is 2. The van der Waals surface area contributed by atoms with Crippen LogP contribution in [0, 0.1) is 20.8 Å². The summed E-state index contributed by atoms with van der Waals surface area (Å²) in [6.45, 7) is 5.44. The molecule has 162 valence electrons. The summed E-state index contributed by atoms with van der Waals surface area (Å²) in [5.41, 5.74) is 2.93. The van der Waals surface area contributed by atoms with Crippen LogP contribution in [0.2, 0.25) is 0 Å². The Labute approximate surface area is 181 Å². The van der Waals surface area contributed by atoms with Gasteiger partial charge in [0.05, 0.1) is 4.90 Å². The highest BCUT2D eigenvalue weighted by atomic mass is 32.2. The van der Waals surface area contributed by atoms with Crippen molar-refractivity contribution in [2.24, 2.45) is 0 Å². The number of aromatic nitrogens is 2. The first-order valence-corrected chi connectivity index (χ1v) is 11.2. The highest BCUT2D eigenvalue weighted by molar-refractivity contribution is 7.89.